The highest BCUT2D eigenvalue weighted by Crippen LogP contribution is 2.36. The molecule has 6 nitrogen and oxygen atoms in total. The maximum Gasteiger partial charge on any atom is 0.378 e. The van der Waals surface area contributed by atoms with Crippen LogP contribution in [0.2, 0.25) is 0 Å². The first-order chi connectivity index (χ1) is 13.4. The van der Waals surface area contributed by atoms with Crippen LogP contribution in [-0.4, -0.2) is 40.6 Å². The van der Waals surface area contributed by atoms with Gasteiger partial charge < -0.3 is 14.6 Å². The third kappa shape index (κ3) is 5.74. The molecular weight excluding hydrogens is 386 g/mol. The largest absolute Gasteiger partial charge is 0.477 e. The summed E-state index contributed by atoms with van der Waals surface area (Å²) in [6, 6.07) is 5.55. The van der Waals surface area contributed by atoms with Crippen molar-refractivity contribution in [1.82, 2.24) is 0 Å². The van der Waals surface area contributed by atoms with Gasteiger partial charge >= 0.3 is 23.8 Å². The first-order valence-corrected chi connectivity index (χ1v) is 9.58. The molecule has 1 unspecified atom stereocenters. The maximum atomic E-state index is 14.4. The second kappa shape index (κ2) is 8.88. The molecular formula is C21H26F2O6. The van der Waals surface area contributed by atoms with Crippen molar-refractivity contribution in [1.29, 1.82) is 0 Å². The van der Waals surface area contributed by atoms with E-state index >= 15 is 0 Å². The van der Waals surface area contributed by atoms with Crippen LogP contribution in [0.3, 0.4) is 0 Å². The fourth-order valence-corrected chi connectivity index (χ4v) is 3.38. The lowest BCUT2D eigenvalue weighted by Gasteiger charge is -2.33. The Bertz CT molecular complexity index is 763. The second-order valence-corrected chi connectivity index (χ2v) is 8.20. The molecule has 1 aliphatic rings. The van der Waals surface area contributed by atoms with Gasteiger partial charge in [-0.1, -0.05) is 31.4 Å². The fourth-order valence-electron chi connectivity index (χ4n) is 3.38. The van der Waals surface area contributed by atoms with Crippen LogP contribution in [0.1, 0.15) is 73.6 Å². The van der Waals surface area contributed by atoms with E-state index in [2.05, 4.69) is 0 Å². The Labute approximate surface area is 168 Å². The molecule has 160 valence electrons. The van der Waals surface area contributed by atoms with E-state index in [1.807, 2.05) is 0 Å². The molecule has 1 fully saturated rings. The van der Waals surface area contributed by atoms with Crippen molar-refractivity contribution in [3.05, 3.63) is 35.4 Å². The minimum absolute atomic E-state index is 0.131. The van der Waals surface area contributed by atoms with Crippen LogP contribution < -0.4 is 0 Å². The summed E-state index contributed by atoms with van der Waals surface area (Å²) in [5.74, 6) is -9.33. The first-order valence-electron chi connectivity index (χ1n) is 9.58. The minimum atomic E-state index is -4.24. The summed E-state index contributed by atoms with van der Waals surface area (Å²) < 4.78 is 39.1. The first kappa shape index (κ1) is 22.8. The van der Waals surface area contributed by atoms with Gasteiger partial charge in [0.25, 0.3) is 0 Å². The maximum absolute atomic E-state index is 14.4. The van der Waals surface area contributed by atoms with Gasteiger partial charge in [0.15, 0.2) is 6.10 Å². The van der Waals surface area contributed by atoms with E-state index in [9.17, 15) is 23.2 Å². The lowest BCUT2D eigenvalue weighted by atomic mass is 9.83. The summed E-state index contributed by atoms with van der Waals surface area (Å²) in [7, 11) is 0. The van der Waals surface area contributed by atoms with Crippen LogP contribution in [0.25, 0.3) is 0 Å². The fraction of sp³-hybridized carbons (Fsp3) is 0.571. The van der Waals surface area contributed by atoms with E-state index in [1.165, 1.54) is 24.3 Å². The normalized spacial score (nSPS) is 16.7. The van der Waals surface area contributed by atoms with E-state index in [0.29, 0.717) is 25.7 Å². The summed E-state index contributed by atoms with van der Waals surface area (Å²) in [4.78, 5) is 36.2. The number of alkyl halides is 2. The molecule has 0 saturated heterocycles. The Morgan fingerprint density at radius 2 is 1.52 bits per heavy atom. The van der Waals surface area contributed by atoms with E-state index in [4.69, 9.17) is 14.6 Å². The summed E-state index contributed by atoms with van der Waals surface area (Å²) >= 11 is 0. The van der Waals surface area contributed by atoms with Gasteiger partial charge in [-0.3, -0.25) is 0 Å². The topological polar surface area (TPSA) is 89.9 Å². The van der Waals surface area contributed by atoms with Crippen molar-refractivity contribution in [3.8, 4) is 0 Å². The van der Waals surface area contributed by atoms with Gasteiger partial charge in [-0.25, -0.2) is 14.4 Å². The number of hydrogen-bond acceptors (Lipinski definition) is 5. The Balaban J connectivity index is 2.32. The number of rotatable bonds is 6. The van der Waals surface area contributed by atoms with Gasteiger partial charge in [-0.2, -0.15) is 8.78 Å². The molecule has 2 rings (SSSR count). The highest BCUT2D eigenvalue weighted by Gasteiger charge is 2.53. The average Bonchev–Trinajstić information content (AvgIpc) is 2.65. The van der Waals surface area contributed by atoms with Gasteiger partial charge in [0.2, 0.25) is 0 Å². The van der Waals surface area contributed by atoms with E-state index < -0.39 is 41.5 Å². The van der Waals surface area contributed by atoms with Crippen molar-refractivity contribution in [2.75, 3.05) is 0 Å². The van der Waals surface area contributed by atoms with E-state index in [0.717, 1.165) is 6.42 Å². The molecule has 1 saturated carbocycles. The predicted molar refractivity (Wildman–Crippen MR) is 100.0 cm³/mol. The molecule has 0 radical (unpaired) electrons. The van der Waals surface area contributed by atoms with Crippen molar-refractivity contribution in [3.63, 3.8) is 0 Å². The van der Waals surface area contributed by atoms with Gasteiger partial charge in [-0.05, 0) is 45.7 Å². The minimum Gasteiger partial charge on any atom is -0.477 e. The molecule has 0 amide bonds. The second-order valence-electron chi connectivity index (χ2n) is 8.20. The Morgan fingerprint density at radius 1 is 1.00 bits per heavy atom. The summed E-state index contributed by atoms with van der Waals surface area (Å²) in [6.45, 7) is 4.95. The highest BCUT2D eigenvalue weighted by atomic mass is 19.3. The van der Waals surface area contributed by atoms with Gasteiger partial charge in [0, 0.05) is 5.92 Å². The average molecular weight is 412 g/mol. The third-order valence-electron chi connectivity index (χ3n) is 4.72. The molecule has 0 bridgehead atoms. The smallest absolute Gasteiger partial charge is 0.378 e. The van der Waals surface area contributed by atoms with Gasteiger partial charge in [-0.15, -0.1) is 0 Å². The van der Waals surface area contributed by atoms with Gasteiger partial charge in [0.05, 0.1) is 11.1 Å². The van der Waals surface area contributed by atoms with E-state index in [-0.39, 0.29) is 11.1 Å². The summed E-state index contributed by atoms with van der Waals surface area (Å²) in [6.07, 6.45) is 0.742. The zero-order chi connectivity index (χ0) is 21.8. The number of carbonyl (C=O) groups is 3. The number of halogens is 2. The lowest BCUT2D eigenvalue weighted by Crippen LogP contribution is -2.49. The lowest BCUT2D eigenvalue weighted by molar-refractivity contribution is -0.189. The molecule has 1 aromatic rings. The van der Waals surface area contributed by atoms with Crippen LogP contribution in [0.5, 0.6) is 0 Å². The molecule has 0 aromatic heterocycles. The van der Waals surface area contributed by atoms with Crippen LogP contribution in [-0.2, 0) is 14.3 Å². The number of esters is 2. The zero-order valence-corrected chi connectivity index (χ0v) is 16.7. The quantitative estimate of drug-likeness (QED) is 0.694. The molecule has 0 heterocycles. The number of aliphatic carboxylic acids is 1. The highest BCUT2D eigenvalue weighted by molar-refractivity contribution is 6.03. The molecule has 8 heteroatoms. The Hall–Kier alpha value is -2.51. The SMILES string of the molecule is CC(C)(C)OC(=O)c1ccccc1C(=O)OC(C1CCCCC1)C(F)(F)C(=O)O. The van der Waals surface area contributed by atoms with Crippen molar-refractivity contribution < 1.29 is 37.7 Å². The summed E-state index contributed by atoms with van der Waals surface area (Å²) in [5.41, 5.74) is -1.20. The van der Waals surface area contributed by atoms with Crippen LogP contribution in [0.15, 0.2) is 24.3 Å². The number of carboxylic acid groups (broad SMARTS) is 1. The summed E-state index contributed by atoms with van der Waals surface area (Å²) in [5, 5.41) is 8.98. The zero-order valence-electron chi connectivity index (χ0n) is 16.7. The van der Waals surface area contributed by atoms with Crippen LogP contribution in [0.4, 0.5) is 8.78 Å². The van der Waals surface area contributed by atoms with Gasteiger partial charge in [0.1, 0.15) is 5.60 Å². The number of carbonyl (C=O) groups excluding carboxylic acids is 2. The predicted octanol–water partition coefficient (Wildman–Crippen LogP) is 4.47. The molecule has 0 spiro atoms. The van der Waals surface area contributed by atoms with E-state index in [1.54, 1.807) is 20.8 Å². The number of hydrogen-bond donors (Lipinski definition) is 1. The monoisotopic (exact) mass is 412 g/mol. The molecule has 29 heavy (non-hydrogen) atoms. The molecule has 1 aromatic carbocycles. The van der Waals surface area contributed by atoms with Crippen LogP contribution >= 0.6 is 0 Å². The molecule has 0 aliphatic heterocycles. The standard InChI is InChI=1S/C21H26F2O6/c1-20(2,3)29-18(25)15-12-8-7-11-14(15)17(24)28-16(21(22,23)19(26)27)13-9-5-4-6-10-13/h7-8,11-13,16H,4-6,9-10H2,1-3H3,(H,26,27). The van der Waals surface area contributed by atoms with Crippen LogP contribution in [0, 0.1) is 5.92 Å². The number of ether oxygens (including phenoxy) is 2. The Morgan fingerprint density at radius 3 is 2.00 bits per heavy atom. The Kier molecular flexibility index (Phi) is 6.97. The van der Waals surface area contributed by atoms with Crippen molar-refractivity contribution in [2.45, 2.75) is 70.5 Å². The molecule has 1 aliphatic carbocycles. The van der Waals surface area contributed by atoms with Crippen molar-refractivity contribution in [2.24, 2.45) is 5.92 Å². The number of carboxylic acids is 1. The molecule has 1 atom stereocenters. The third-order valence-corrected chi connectivity index (χ3v) is 4.72. The van der Waals surface area contributed by atoms with Crippen molar-refractivity contribution >= 4 is 17.9 Å². The molecule has 1 N–H and O–H groups in total. The number of benzene rings is 1.